The smallest absolute Gasteiger partial charge is 0.265 e. The molecule has 0 aromatic carbocycles. The highest BCUT2D eigenvalue weighted by Gasteiger charge is 2.22. The summed E-state index contributed by atoms with van der Waals surface area (Å²) in [6.45, 7) is 0. The summed E-state index contributed by atoms with van der Waals surface area (Å²) in [6.07, 6.45) is 2.48. The summed E-state index contributed by atoms with van der Waals surface area (Å²) in [7, 11) is 0. The van der Waals surface area contributed by atoms with Crippen LogP contribution in [0.5, 0.6) is 0 Å². The Morgan fingerprint density at radius 1 is 1.80 bits per heavy atom. The third-order valence-corrected chi connectivity index (χ3v) is 1.06. The molecule has 1 aliphatic rings. The molecule has 1 rings (SSSR count). The van der Waals surface area contributed by atoms with Gasteiger partial charge in [-0.15, -0.1) is 0 Å². The van der Waals surface area contributed by atoms with Crippen molar-refractivity contribution in [1.29, 1.82) is 0 Å². The summed E-state index contributed by atoms with van der Waals surface area (Å²) < 4.78 is 17.0. The predicted octanol–water partition coefficient (Wildman–Crippen LogP) is 0.238. The molecule has 4 heteroatoms. The van der Waals surface area contributed by atoms with Crippen LogP contribution in [0.4, 0.5) is 4.39 Å². The maximum absolute atomic E-state index is 12.5. The number of carbonyl (C=O) groups excluding carboxylic acids is 1. The highest BCUT2D eigenvalue weighted by molar-refractivity contribution is 5.82. The average molecular weight is 143 g/mol. The van der Waals surface area contributed by atoms with Crippen molar-refractivity contribution in [2.24, 2.45) is 5.73 Å². The van der Waals surface area contributed by atoms with E-state index >= 15 is 0 Å². The second-order valence-electron chi connectivity index (χ2n) is 1.80. The Morgan fingerprint density at radius 3 is 2.90 bits per heavy atom. The molecule has 1 unspecified atom stereocenters. The maximum Gasteiger partial charge on any atom is 0.265 e. The zero-order valence-electron chi connectivity index (χ0n) is 5.08. The van der Waals surface area contributed by atoms with E-state index in [9.17, 15) is 9.18 Å². The van der Waals surface area contributed by atoms with Crippen LogP contribution in [0.3, 0.4) is 0 Å². The fraction of sp³-hybridized carbons (Fsp3) is 0.167. The number of amides is 1. The van der Waals surface area contributed by atoms with E-state index in [4.69, 9.17) is 5.73 Å². The van der Waals surface area contributed by atoms with Crippen LogP contribution >= 0.6 is 0 Å². The van der Waals surface area contributed by atoms with Gasteiger partial charge in [0.05, 0.1) is 6.26 Å². The lowest BCUT2D eigenvalue weighted by molar-refractivity contribution is -0.125. The van der Waals surface area contributed by atoms with E-state index in [0.717, 1.165) is 6.08 Å². The van der Waals surface area contributed by atoms with Crippen molar-refractivity contribution in [3.8, 4) is 0 Å². The van der Waals surface area contributed by atoms with Gasteiger partial charge in [0.1, 0.15) is 0 Å². The Labute approximate surface area is 57.0 Å². The van der Waals surface area contributed by atoms with Gasteiger partial charge in [0, 0.05) is 0 Å². The third kappa shape index (κ3) is 1.15. The van der Waals surface area contributed by atoms with Crippen LogP contribution in [-0.4, -0.2) is 12.0 Å². The minimum Gasteiger partial charge on any atom is -0.481 e. The second-order valence-corrected chi connectivity index (χ2v) is 1.80. The van der Waals surface area contributed by atoms with Gasteiger partial charge in [-0.05, 0) is 12.2 Å². The highest BCUT2D eigenvalue weighted by Crippen LogP contribution is 2.12. The first-order valence-electron chi connectivity index (χ1n) is 2.69. The quantitative estimate of drug-likeness (QED) is 0.571. The Morgan fingerprint density at radius 2 is 2.50 bits per heavy atom. The lowest BCUT2D eigenvalue weighted by atomic mass is 10.2. The summed E-state index contributed by atoms with van der Waals surface area (Å²) in [6, 6.07) is 0. The number of ether oxygens (including phenoxy) is 1. The van der Waals surface area contributed by atoms with Crippen LogP contribution in [0.1, 0.15) is 0 Å². The molecule has 0 fully saturated rings. The molecular formula is C6H6FNO2. The molecule has 0 saturated carbocycles. The topological polar surface area (TPSA) is 52.3 Å². The van der Waals surface area contributed by atoms with Crippen molar-refractivity contribution in [3.63, 3.8) is 0 Å². The maximum atomic E-state index is 12.5. The molecule has 0 bridgehead atoms. The number of hydrogen-bond donors (Lipinski definition) is 1. The molecule has 3 nitrogen and oxygen atoms in total. The van der Waals surface area contributed by atoms with Gasteiger partial charge in [-0.2, -0.15) is 0 Å². The minimum atomic E-state index is -1.23. The van der Waals surface area contributed by atoms with Gasteiger partial charge >= 0.3 is 0 Å². The standard InChI is InChI=1S/C6H6FNO2/c7-4-2-1-3-10-5(4)6(8)9/h1-3,5H,(H2,8,9). The van der Waals surface area contributed by atoms with Gasteiger partial charge in [0.2, 0.25) is 6.10 Å². The van der Waals surface area contributed by atoms with Crippen molar-refractivity contribution in [3.05, 3.63) is 24.2 Å². The fourth-order valence-corrected chi connectivity index (χ4v) is 0.610. The second kappa shape index (κ2) is 2.51. The van der Waals surface area contributed by atoms with Crippen LogP contribution in [0.15, 0.2) is 24.2 Å². The number of hydrogen-bond acceptors (Lipinski definition) is 2. The van der Waals surface area contributed by atoms with Gasteiger partial charge in [-0.3, -0.25) is 4.79 Å². The first-order chi connectivity index (χ1) is 4.72. The number of halogens is 1. The zero-order valence-corrected chi connectivity index (χ0v) is 5.08. The summed E-state index contributed by atoms with van der Waals surface area (Å²) in [5.74, 6) is -1.48. The van der Waals surface area contributed by atoms with Gasteiger partial charge in [0.15, 0.2) is 5.83 Å². The number of rotatable bonds is 1. The van der Waals surface area contributed by atoms with Crippen molar-refractivity contribution >= 4 is 5.91 Å². The molecule has 1 atom stereocenters. The first kappa shape index (κ1) is 6.80. The Kier molecular flexibility index (Phi) is 1.71. The van der Waals surface area contributed by atoms with Crippen LogP contribution in [0.25, 0.3) is 0 Å². The van der Waals surface area contributed by atoms with E-state index < -0.39 is 17.8 Å². The molecule has 0 aliphatic carbocycles. The van der Waals surface area contributed by atoms with Gasteiger partial charge in [0.25, 0.3) is 5.91 Å². The number of carbonyl (C=O) groups is 1. The summed E-state index contributed by atoms with van der Waals surface area (Å²) in [4.78, 5) is 10.3. The Hall–Kier alpha value is -1.32. The molecule has 1 aliphatic heterocycles. The van der Waals surface area contributed by atoms with E-state index in [-0.39, 0.29) is 0 Å². The molecular weight excluding hydrogens is 137 g/mol. The molecule has 0 radical (unpaired) electrons. The Bertz CT molecular complexity index is 210. The molecule has 54 valence electrons. The van der Waals surface area contributed by atoms with Crippen LogP contribution < -0.4 is 5.73 Å². The molecule has 0 spiro atoms. The van der Waals surface area contributed by atoms with Crippen molar-refractivity contribution < 1.29 is 13.9 Å². The lowest BCUT2D eigenvalue weighted by Crippen LogP contribution is -2.31. The van der Waals surface area contributed by atoms with E-state index in [1.807, 2.05) is 0 Å². The lowest BCUT2D eigenvalue weighted by Gasteiger charge is -2.12. The molecule has 2 N–H and O–H groups in total. The normalized spacial score (nSPS) is 23.3. The number of allylic oxidation sites excluding steroid dienone is 2. The van der Waals surface area contributed by atoms with Crippen molar-refractivity contribution in [1.82, 2.24) is 0 Å². The molecule has 0 aromatic heterocycles. The van der Waals surface area contributed by atoms with Gasteiger partial charge in [-0.1, -0.05) is 0 Å². The monoisotopic (exact) mass is 143 g/mol. The van der Waals surface area contributed by atoms with Crippen molar-refractivity contribution in [2.75, 3.05) is 0 Å². The van der Waals surface area contributed by atoms with Crippen LogP contribution in [0, 0.1) is 0 Å². The van der Waals surface area contributed by atoms with Gasteiger partial charge in [-0.25, -0.2) is 4.39 Å². The molecule has 1 amide bonds. The SMILES string of the molecule is NC(=O)C1OC=CC=C1F. The van der Waals surface area contributed by atoms with Crippen LogP contribution in [0.2, 0.25) is 0 Å². The van der Waals surface area contributed by atoms with E-state index in [1.165, 1.54) is 12.3 Å². The predicted molar refractivity (Wildman–Crippen MR) is 32.4 cm³/mol. The Balaban J connectivity index is 2.73. The van der Waals surface area contributed by atoms with E-state index in [0.29, 0.717) is 0 Å². The first-order valence-corrected chi connectivity index (χ1v) is 2.69. The summed E-state index contributed by atoms with van der Waals surface area (Å²) in [5.41, 5.74) is 4.78. The highest BCUT2D eigenvalue weighted by atomic mass is 19.1. The number of nitrogens with two attached hydrogens (primary N) is 1. The van der Waals surface area contributed by atoms with Gasteiger partial charge < -0.3 is 10.5 Å². The third-order valence-electron chi connectivity index (χ3n) is 1.06. The minimum absolute atomic E-state index is 0.657. The molecule has 1 heterocycles. The molecule has 0 saturated heterocycles. The van der Waals surface area contributed by atoms with Crippen LogP contribution in [-0.2, 0) is 9.53 Å². The fourth-order valence-electron chi connectivity index (χ4n) is 0.610. The number of primary amides is 1. The molecule has 0 aromatic rings. The summed E-state index contributed by atoms with van der Waals surface area (Å²) in [5, 5.41) is 0. The summed E-state index contributed by atoms with van der Waals surface area (Å²) >= 11 is 0. The largest absolute Gasteiger partial charge is 0.481 e. The zero-order chi connectivity index (χ0) is 7.56. The van der Waals surface area contributed by atoms with E-state index in [2.05, 4.69) is 4.74 Å². The molecule has 10 heavy (non-hydrogen) atoms. The average Bonchev–Trinajstić information content (AvgIpc) is 1.88. The van der Waals surface area contributed by atoms with E-state index in [1.54, 1.807) is 0 Å². The van der Waals surface area contributed by atoms with Crippen molar-refractivity contribution in [2.45, 2.75) is 6.10 Å².